The Balaban J connectivity index is 1.97. The van der Waals surface area contributed by atoms with Gasteiger partial charge in [0, 0.05) is 17.9 Å². The fraction of sp³-hybridized carbons (Fsp3) is 0.647. The van der Waals surface area contributed by atoms with Gasteiger partial charge in [0.25, 0.3) is 0 Å². The molecule has 19 heavy (non-hydrogen) atoms. The van der Waals surface area contributed by atoms with Gasteiger partial charge in [0.05, 0.1) is 5.60 Å². The van der Waals surface area contributed by atoms with Crippen molar-refractivity contribution in [3.05, 3.63) is 35.9 Å². The fourth-order valence-corrected chi connectivity index (χ4v) is 4.34. The quantitative estimate of drug-likeness (QED) is 0.875. The summed E-state index contributed by atoms with van der Waals surface area (Å²) in [5.74, 6) is 0.270. The summed E-state index contributed by atoms with van der Waals surface area (Å²) >= 11 is 0. The summed E-state index contributed by atoms with van der Waals surface area (Å²) in [4.78, 5) is 0. The molecule has 0 radical (unpaired) electrons. The first kappa shape index (κ1) is 13.1. The number of aliphatic hydroxyl groups is 1. The summed E-state index contributed by atoms with van der Waals surface area (Å²) < 4.78 is 0. The number of rotatable bonds is 3. The third-order valence-electron chi connectivity index (χ3n) is 5.70. The highest BCUT2D eigenvalue weighted by atomic mass is 16.3. The van der Waals surface area contributed by atoms with E-state index in [0.717, 1.165) is 32.1 Å². The van der Waals surface area contributed by atoms with E-state index in [0.29, 0.717) is 6.54 Å². The minimum absolute atomic E-state index is 0.0199. The molecule has 2 heteroatoms. The summed E-state index contributed by atoms with van der Waals surface area (Å²) in [6.07, 6.45) is 7.81. The third kappa shape index (κ3) is 1.93. The predicted molar refractivity (Wildman–Crippen MR) is 77.9 cm³/mol. The standard InChI is InChI=1S/C17H25NO/c18-13-16(10-6-11-16)17(19)12-5-4-9-15(17)14-7-2-1-3-8-14/h1-3,7-8,15,19H,4-6,9-13,18H2. The van der Waals surface area contributed by atoms with E-state index in [2.05, 4.69) is 24.3 Å². The van der Waals surface area contributed by atoms with Crippen molar-refractivity contribution in [1.82, 2.24) is 0 Å². The zero-order valence-electron chi connectivity index (χ0n) is 11.6. The third-order valence-corrected chi connectivity index (χ3v) is 5.70. The van der Waals surface area contributed by atoms with Crippen LogP contribution in [0.15, 0.2) is 30.3 Å². The largest absolute Gasteiger partial charge is 0.389 e. The maximum Gasteiger partial charge on any atom is 0.0783 e. The van der Waals surface area contributed by atoms with Crippen molar-refractivity contribution in [1.29, 1.82) is 0 Å². The van der Waals surface area contributed by atoms with E-state index in [1.807, 2.05) is 6.07 Å². The Morgan fingerprint density at radius 2 is 1.79 bits per heavy atom. The molecule has 0 bridgehead atoms. The van der Waals surface area contributed by atoms with Crippen LogP contribution in [0.1, 0.15) is 56.4 Å². The maximum absolute atomic E-state index is 11.5. The summed E-state index contributed by atoms with van der Waals surface area (Å²) in [5, 5.41) is 11.5. The predicted octanol–water partition coefficient (Wildman–Crippen LogP) is 3.20. The molecule has 2 aliphatic rings. The smallest absolute Gasteiger partial charge is 0.0783 e. The van der Waals surface area contributed by atoms with Crippen molar-refractivity contribution in [2.24, 2.45) is 11.1 Å². The Morgan fingerprint density at radius 1 is 1.05 bits per heavy atom. The normalized spacial score (nSPS) is 33.7. The second kappa shape index (κ2) is 4.92. The van der Waals surface area contributed by atoms with Gasteiger partial charge in [-0.2, -0.15) is 0 Å². The molecule has 3 N–H and O–H groups in total. The van der Waals surface area contributed by atoms with Crippen LogP contribution in [0.2, 0.25) is 0 Å². The van der Waals surface area contributed by atoms with Crippen molar-refractivity contribution < 1.29 is 5.11 Å². The Hall–Kier alpha value is -0.860. The lowest BCUT2D eigenvalue weighted by atomic mass is 9.51. The molecule has 0 heterocycles. The first-order chi connectivity index (χ1) is 9.22. The lowest BCUT2D eigenvalue weighted by Crippen LogP contribution is -2.60. The molecule has 1 aromatic rings. The Bertz CT molecular complexity index is 421. The lowest BCUT2D eigenvalue weighted by molar-refractivity contribution is -0.156. The molecule has 2 atom stereocenters. The summed E-state index contributed by atoms with van der Waals surface area (Å²) in [6.45, 7) is 0.632. The summed E-state index contributed by atoms with van der Waals surface area (Å²) in [6, 6.07) is 10.6. The Labute approximate surface area is 116 Å². The summed E-state index contributed by atoms with van der Waals surface area (Å²) in [7, 11) is 0. The van der Waals surface area contributed by atoms with Gasteiger partial charge >= 0.3 is 0 Å². The second-order valence-corrected chi connectivity index (χ2v) is 6.47. The van der Waals surface area contributed by atoms with E-state index in [1.54, 1.807) is 0 Å². The number of benzene rings is 1. The minimum atomic E-state index is -0.584. The Morgan fingerprint density at radius 3 is 2.37 bits per heavy atom. The van der Waals surface area contributed by atoms with Gasteiger partial charge in [-0.15, -0.1) is 0 Å². The van der Waals surface area contributed by atoms with Gasteiger partial charge in [-0.3, -0.25) is 0 Å². The number of hydrogen-bond donors (Lipinski definition) is 2. The zero-order valence-corrected chi connectivity index (χ0v) is 11.6. The van der Waals surface area contributed by atoms with Gasteiger partial charge in [0.2, 0.25) is 0 Å². The van der Waals surface area contributed by atoms with Crippen molar-refractivity contribution in [3.63, 3.8) is 0 Å². The van der Waals surface area contributed by atoms with Crippen LogP contribution in [0.4, 0.5) is 0 Å². The van der Waals surface area contributed by atoms with Crippen molar-refractivity contribution in [2.75, 3.05) is 6.54 Å². The summed E-state index contributed by atoms with van der Waals surface area (Å²) in [5.41, 5.74) is 6.76. The highest BCUT2D eigenvalue weighted by molar-refractivity contribution is 5.27. The van der Waals surface area contributed by atoms with E-state index < -0.39 is 5.60 Å². The number of hydrogen-bond acceptors (Lipinski definition) is 2. The van der Waals surface area contributed by atoms with Crippen LogP contribution in [0.25, 0.3) is 0 Å². The molecule has 2 saturated carbocycles. The molecule has 104 valence electrons. The average molecular weight is 259 g/mol. The zero-order chi connectivity index (χ0) is 13.3. The van der Waals surface area contributed by atoms with E-state index in [1.165, 1.54) is 18.4 Å². The molecule has 0 aromatic heterocycles. The molecule has 2 fully saturated rings. The maximum atomic E-state index is 11.5. The average Bonchev–Trinajstić information content (AvgIpc) is 2.39. The molecular formula is C17H25NO. The van der Waals surface area contributed by atoms with Crippen LogP contribution in [-0.2, 0) is 0 Å². The topological polar surface area (TPSA) is 46.2 Å². The first-order valence-corrected chi connectivity index (χ1v) is 7.69. The SMILES string of the molecule is NCC1(C2(O)CCCCC2c2ccccc2)CCC1. The van der Waals surface area contributed by atoms with Crippen LogP contribution in [0.5, 0.6) is 0 Å². The molecule has 2 aliphatic carbocycles. The van der Waals surface area contributed by atoms with Crippen LogP contribution < -0.4 is 5.73 Å². The second-order valence-electron chi connectivity index (χ2n) is 6.47. The molecular weight excluding hydrogens is 234 g/mol. The molecule has 1 aromatic carbocycles. The molecule has 3 rings (SSSR count). The molecule has 2 unspecified atom stereocenters. The highest BCUT2D eigenvalue weighted by Gasteiger charge is 2.57. The van der Waals surface area contributed by atoms with Gasteiger partial charge in [0.1, 0.15) is 0 Å². The van der Waals surface area contributed by atoms with Gasteiger partial charge < -0.3 is 10.8 Å². The number of nitrogens with two attached hydrogens (primary N) is 1. The van der Waals surface area contributed by atoms with Crippen LogP contribution in [-0.4, -0.2) is 17.3 Å². The molecule has 2 nitrogen and oxygen atoms in total. The molecule has 0 amide bonds. The van der Waals surface area contributed by atoms with Gasteiger partial charge in [-0.1, -0.05) is 49.6 Å². The minimum Gasteiger partial charge on any atom is -0.389 e. The van der Waals surface area contributed by atoms with Crippen LogP contribution >= 0.6 is 0 Å². The van der Waals surface area contributed by atoms with E-state index in [4.69, 9.17) is 5.73 Å². The van der Waals surface area contributed by atoms with Crippen molar-refractivity contribution in [3.8, 4) is 0 Å². The highest BCUT2D eigenvalue weighted by Crippen LogP contribution is 2.58. The van der Waals surface area contributed by atoms with E-state index in [9.17, 15) is 5.11 Å². The monoisotopic (exact) mass is 259 g/mol. The van der Waals surface area contributed by atoms with Gasteiger partial charge in [0.15, 0.2) is 0 Å². The van der Waals surface area contributed by atoms with Gasteiger partial charge in [-0.25, -0.2) is 0 Å². The van der Waals surface area contributed by atoms with E-state index in [-0.39, 0.29) is 11.3 Å². The lowest BCUT2D eigenvalue weighted by Gasteiger charge is -2.58. The Kier molecular flexibility index (Phi) is 3.40. The molecule has 0 aliphatic heterocycles. The van der Waals surface area contributed by atoms with Crippen molar-refractivity contribution in [2.45, 2.75) is 56.5 Å². The first-order valence-electron chi connectivity index (χ1n) is 7.69. The van der Waals surface area contributed by atoms with Crippen LogP contribution in [0.3, 0.4) is 0 Å². The molecule has 0 spiro atoms. The van der Waals surface area contributed by atoms with Crippen LogP contribution in [0, 0.1) is 5.41 Å². The van der Waals surface area contributed by atoms with E-state index >= 15 is 0 Å². The van der Waals surface area contributed by atoms with Gasteiger partial charge in [-0.05, 0) is 31.2 Å². The van der Waals surface area contributed by atoms with Crippen molar-refractivity contribution >= 4 is 0 Å². The fourth-order valence-electron chi connectivity index (χ4n) is 4.34. The molecule has 0 saturated heterocycles.